The third-order valence-electron chi connectivity index (χ3n) is 3.72. The first-order valence-electron chi connectivity index (χ1n) is 9.13. The molecule has 0 spiro atoms. The summed E-state index contributed by atoms with van der Waals surface area (Å²) in [7, 11) is 0. The van der Waals surface area contributed by atoms with Gasteiger partial charge in [0.1, 0.15) is 11.6 Å². The molecule has 0 bridgehead atoms. The van der Waals surface area contributed by atoms with E-state index in [2.05, 4.69) is 4.99 Å². The molecule has 1 rings (SSSR count). The molecule has 5 N–H and O–H groups in total. The largest absolute Gasteiger partial charge is 0.444 e. The molecule has 0 saturated carbocycles. The maximum Gasteiger partial charge on any atom is 0.411 e. The van der Waals surface area contributed by atoms with Crippen LogP contribution in [0.25, 0.3) is 0 Å². The lowest BCUT2D eigenvalue weighted by Crippen LogP contribution is -2.49. The van der Waals surface area contributed by atoms with Gasteiger partial charge < -0.3 is 16.2 Å². The number of carbonyl (C=O) groups excluding carboxylic acids is 2. The molecule has 2 amide bonds. The monoisotopic (exact) mass is 442 g/mol. The number of guanidine groups is 1. The van der Waals surface area contributed by atoms with Crippen LogP contribution in [0.4, 0.5) is 4.79 Å². The fraction of sp³-hybridized carbons (Fsp3) is 0.500. The zero-order chi connectivity index (χ0) is 22.9. The maximum atomic E-state index is 12.8. The number of nitrogens with zero attached hydrogens (tertiary/aromatic N) is 3. The molecule has 0 aliphatic heterocycles. The van der Waals surface area contributed by atoms with Crippen molar-refractivity contribution in [1.29, 1.82) is 0 Å². The smallest absolute Gasteiger partial charge is 0.411 e. The number of carbonyl (C=O) groups is 2. The van der Waals surface area contributed by atoms with Crippen molar-refractivity contribution in [3.05, 3.63) is 45.0 Å². The van der Waals surface area contributed by atoms with Crippen LogP contribution in [0, 0.1) is 10.1 Å². The minimum absolute atomic E-state index is 0.0774. The Morgan fingerprint density at radius 3 is 2.40 bits per heavy atom. The van der Waals surface area contributed by atoms with E-state index in [9.17, 15) is 19.7 Å². The number of amides is 2. The summed E-state index contributed by atoms with van der Waals surface area (Å²) in [6.07, 6.45) is -0.232. The second-order valence-corrected chi connectivity index (χ2v) is 7.87. The number of hydrogen-bond acceptors (Lipinski definition) is 6. The number of hydrazine groups is 1. The van der Waals surface area contributed by atoms with Crippen LogP contribution in [0.5, 0.6) is 0 Å². The number of rotatable bonds is 9. The van der Waals surface area contributed by atoms with Crippen molar-refractivity contribution < 1.29 is 19.4 Å². The summed E-state index contributed by atoms with van der Waals surface area (Å²) >= 11 is 5.90. The van der Waals surface area contributed by atoms with E-state index in [0.29, 0.717) is 11.4 Å². The first kappa shape index (κ1) is 25.0. The second kappa shape index (κ2) is 11.2. The van der Waals surface area contributed by atoms with E-state index in [-0.39, 0.29) is 25.5 Å². The van der Waals surface area contributed by atoms with E-state index in [1.807, 2.05) is 0 Å². The Labute approximate surface area is 179 Å². The van der Waals surface area contributed by atoms with E-state index < -0.39 is 28.7 Å². The minimum atomic E-state index is -0.976. The normalized spacial score (nSPS) is 12.7. The average molecular weight is 443 g/mol. The van der Waals surface area contributed by atoms with Crippen LogP contribution < -0.4 is 16.9 Å². The van der Waals surface area contributed by atoms with Crippen LogP contribution in [0.2, 0.25) is 5.02 Å². The highest BCUT2D eigenvalue weighted by molar-refractivity contribution is 6.30. The summed E-state index contributed by atoms with van der Waals surface area (Å²) in [6, 6.07) is 5.82. The van der Waals surface area contributed by atoms with Crippen molar-refractivity contribution in [3.63, 3.8) is 0 Å². The van der Waals surface area contributed by atoms with Gasteiger partial charge >= 0.3 is 6.09 Å². The highest BCUT2D eigenvalue weighted by atomic mass is 35.5. The highest BCUT2D eigenvalue weighted by Gasteiger charge is 2.31. The minimum Gasteiger partial charge on any atom is -0.444 e. The molecule has 0 aliphatic rings. The number of nitrogens with two attached hydrogens (primary N) is 2. The first-order chi connectivity index (χ1) is 13.9. The molecule has 1 aromatic carbocycles. The predicted molar refractivity (Wildman–Crippen MR) is 112 cm³/mol. The molecule has 0 fully saturated rings. The van der Waals surface area contributed by atoms with Gasteiger partial charge in [-0.3, -0.25) is 9.69 Å². The molecule has 0 aliphatic carbocycles. The SMILES string of the molecule is CC(C)(C)OC(=O)N(Cc1ccc(Cl)cc1)[C@H](CCCN=C(N)N[N+](=O)[O-])C(N)=O. The molecule has 166 valence electrons. The van der Waals surface area contributed by atoms with Crippen molar-refractivity contribution in [2.75, 3.05) is 6.54 Å². The molecule has 1 atom stereocenters. The van der Waals surface area contributed by atoms with Gasteiger partial charge in [-0.1, -0.05) is 29.2 Å². The molecule has 11 nitrogen and oxygen atoms in total. The molecule has 0 aromatic heterocycles. The van der Waals surface area contributed by atoms with Crippen molar-refractivity contribution in [1.82, 2.24) is 10.3 Å². The van der Waals surface area contributed by atoms with Crippen molar-refractivity contribution in [2.45, 2.75) is 51.8 Å². The summed E-state index contributed by atoms with van der Waals surface area (Å²) in [4.78, 5) is 40.3. The zero-order valence-corrected chi connectivity index (χ0v) is 17.9. The number of hydrogen-bond donors (Lipinski definition) is 3. The number of nitro groups is 1. The number of ether oxygens (including phenoxy) is 1. The Morgan fingerprint density at radius 2 is 1.90 bits per heavy atom. The van der Waals surface area contributed by atoms with Crippen LogP contribution in [0.3, 0.4) is 0 Å². The summed E-state index contributed by atoms with van der Waals surface area (Å²) in [6.45, 7) is 5.31. The Balaban J connectivity index is 2.97. The van der Waals surface area contributed by atoms with Crippen LogP contribution in [0.15, 0.2) is 29.3 Å². The molecule has 30 heavy (non-hydrogen) atoms. The Hall–Kier alpha value is -3.08. The van der Waals surface area contributed by atoms with Gasteiger partial charge in [-0.2, -0.15) is 0 Å². The lowest BCUT2D eigenvalue weighted by Gasteiger charge is -2.32. The number of nitrogens with one attached hydrogen (secondary N) is 1. The van der Waals surface area contributed by atoms with Gasteiger partial charge in [-0.15, -0.1) is 0 Å². The van der Waals surface area contributed by atoms with E-state index in [4.69, 9.17) is 27.8 Å². The van der Waals surface area contributed by atoms with Gasteiger partial charge in [0.15, 0.2) is 5.03 Å². The molecule has 0 unspecified atom stereocenters. The van der Waals surface area contributed by atoms with Gasteiger partial charge in [0, 0.05) is 18.1 Å². The number of benzene rings is 1. The van der Waals surface area contributed by atoms with Crippen molar-refractivity contribution in [3.8, 4) is 0 Å². The maximum absolute atomic E-state index is 12.8. The van der Waals surface area contributed by atoms with Crippen LogP contribution in [0.1, 0.15) is 39.2 Å². The van der Waals surface area contributed by atoms with Gasteiger partial charge in [0.05, 0.1) is 0 Å². The molecule has 12 heteroatoms. The van der Waals surface area contributed by atoms with Crippen molar-refractivity contribution in [2.24, 2.45) is 16.5 Å². The summed E-state index contributed by atoms with van der Waals surface area (Å²) in [5, 5.41) is 10.0. The fourth-order valence-electron chi connectivity index (χ4n) is 2.47. The molecule has 0 radical (unpaired) electrons. The lowest BCUT2D eigenvalue weighted by atomic mass is 10.1. The van der Waals surface area contributed by atoms with E-state index >= 15 is 0 Å². The fourth-order valence-corrected chi connectivity index (χ4v) is 2.60. The van der Waals surface area contributed by atoms with Crippen LogP contribution >= 0.6 is 11.6 Å². The number of aliphatic imine (C=N–C) groups is 1. The Morgan fingerprint density at radius 1 is 1.30 bits per heavy atom. The Kier molecular flexibility index (Phi) is 9.31. The van der Waals surface area contributed by atoms with E-state index in [0.717, 1.165) is 5.56 Å². The van der Waals surface area contributed by atoms with Gasteiger partial charge in [-0.25, -0.2) is 19.9 Å². The molecule has 1 aromatic rings. The van der Waals surface area contributed by atoms with E-state index in [1.54, 1.807) is 50.5 Å². The second-order valence-electron chi connectivity index (χ2n) is 7.43. The highest BCUT2D eigenvalue weighted by Crippen LogP contribution is 2.19. The number of halogens is 1. The molecular weight excluding hydrogens is 416 g/mol. The zero-order valence-electron chi connectivity index (χ0n) is 17.1. The van der Waals surface area contributed by atoms with Crippen LogP contribution in [-0.4, -0.2) is 46.1 Å². The van der Waals surface area contributed by atoms with Crippen molar-refractivity contribution >= 4 is 29.6 Å². The third-order valence-corrected chi connectivity index (χ3v) is 3.97. The topological polar surface area (TPSA) is 166 Å². The first-order valence-corrected chi connectivity index (χ1v) is 9.51. The van der Waals surface area contributed by atoms with E-state index in [1.165, 1.54) is 4.90 Å². The summed E-state index contributed by atoms with van der Waals surface area (Å²) in [5.41, 5.74) is 12.6. The molecule has 0 saturated heterocycles. The Bertz CT molecular complexity index is 778. The summed E-state index contributed by atoms with van der Waals surface area (Å²) in [5.74, 6) is -1.07. The van der Waals surface area contributed by atoms with Gasteiger partial charge in [0.25, 0.3) is 5.96 Å². The lowest BCUT2D eigenvalue weighted by molar-refractivity contribution is -0.525. The molecule has 0 heterocycles. The van der Waals surface area contributed by atoms with Gasteiger partial charge in [0.2, 0.25) is 5.91 Å². The average Bonchev–Trinajstić information content (AvgIpc) is 2.59. The quantitative estimate of drug-likeness (QED) is 0.172. The predicted octanol–water partition coefficient (Wildman–Crippen LogP) is 1.81. The number of primary amides is 1. The van der Waals surface area contributed by atoms with Crippen LogP contribution in [-0.2, 0) is 16.1 Å². The summed E-state index contributed by atoms with van der Waals surface area (Å²) < 4.78 is 5.44. The standard InChI is InChI=1S/C18H27ClN6O5/c1-18(2,3)30-17(27)24(11-12-6-8-13(19)9-7-12)14(15(20)26)5-4-10-22-16(21)23-25(28)29/h6-9,14H,4-5,10-11H2,1-3H3,(H2,20,26)(H3,21,22,23)/t14-/m1/s1. The third kappa shape index (κ3) is 9.41. The van der Waals surface area contributed by atoms with Gasteiger partial charge in [-0.05, 0) is 51.3 Å². The molecular formula is C18H27ClN6O5.